The summed E-state index contributed by atoms with van der Waals surface area (Å²) in [5, 5.41) is 47.3. The lowest BCUT2D eigenvalue weighted by Gasteiger charge is -2.43. The fourth-order valence-electron chi connectivity index (χ4n) is 6.53. The molecule has 2 aromatic carbocycles. The van der Waals surface area contributed by atoms with Crippen molar-refractivity contribution < 1.29 is 76.5 Å². The first-order chi connectivity index (χ1) is 23.9. The van der Waals surface area contributed by atoms with Gasteiger partial charge in [-0.2, -0.15) is 13.2 Å². The van der Waals surface area contributed by atoms with Crippen LogP contribution in [0, 0.1) is 0 Å². The number of amides is 1. The molecular weight excluding hydrogens is 707 g/mol. The van der Waals surface area contributed by atoms with Gasteiger partial charge in [-0.3, -0.25) is 24.0 Å². The number of fused-ring (bicyclic) bond motifs is 3. The van der Waals surface area contributed by atoms with Crippen molar-refractivity contribution in [3.8, 4) is 17.2 Å². The van der Waals surface area contributed by atoms with E-state index in [0.29, 0.717) is 0 Å². The third-order valence-electron chi connectivity index (χ3n) is 8.95. The minimum Gasteiger partial charge on any atom is -0.507 e. The highest BCUT2D eigenvalue weighted by Crippen LogP contribution is 2.52. The summed E-state index contributed by atoms with van der Waals surface area (Å²) in [5.41, 5.74) is -4.62. The zero-order valence-electron chi connectivity index (χ0n) is 27.4. The lowest BCUT2D eigenvalue weighted by Crippen LogP contribution is -2.57. The quantitative estimate of drug-likeness (QED) is 0.149. The van der Waals surface area contributed by atoms with Crippen molar-refractivity contribution in [2.24, 2.45) is 0 Å². The largest absolute Gasteiger partial charge is 0.507 e. The number of benzene rings is 2. The molecule has 0 spiro atoms. The minimum atomic E-state index is -5.28. The van der Waals surface area contributed by atoms with Crippen LogP contribution in [0.15, 0.2) is 18.2 Å². The van der Waals surface area contributed by atoms with Gasteiger partial charge >= 0.3 is 18.1 Å². The molecule has 2 aromatic rings. The Morgan fingerprint density at radius 2 is 1.76 bits per heavy atom. The number of aliphatic hydroxyl groups is 2. The van der Waals surface area contributed by atoms with Crippen LogP contribution in [0.1, 0.15) is 75.8 Å². The molecule has 6 atom stereocenters. The number of phenolic OH excluding ortho intramolecular Hbond substituents is 2. The van der Waals surface area contributed by atoms with Crippen LogP contribution in [-0.2, 0) is 35.0 Å². The van der Waals surface area contributed by atoms with Gasteiger partial charge in [-0.05, 0) is 19.9 Å². The van der Waals surface area contributed by atoms with Crippen molar-refractivity contribution >= 4 is 41.0 Å². The predicted molar refractivity (Wildman–Crippen MR) is 169 cm³/mol. The van der Waals surface area contributed by atoms with E-state index >= 15 is 0 Å². The number of Topliss-reactive ketones (excluding diaryl/α,β-unsaturated/α-hetero) is 1. The molecule has 0 radical (unpaired) electrons. The number of hydrogen-bond acceptors (Lipinski definition) is 14. The molecule has 1 heterocycles. The number of carbonyl (C=O) groups is 5. The second kappa shape index (κ2) is 14.4. The van der Waals surface area contributed by atoms with E-state index in [1.807, 2.05) is 0 Å². The molecule has 0 saturated carbocycles. The van der Waals surface area contributed by atoms with Crippen LogP contribution in [0.4, 0.5) is 13.2 Å². The molecule has 5 rings (SSSR count). The zero-order chi connectivity index (χ0) is 37.6. The van der Waals surface area contributed by atoms with E-state index in [-0.39, 0.29) is 40.4 Å². The maximum Gasteiger partial charge on any atom is 0.471 e. The molecule has 2 aliphatic carbocycles. The van der Waals surface area contributed by atoms with Gasteiger partial charge in [0.2, 0.25) is 5.78 Å². The second-order valence-electron chi connectivity index (χ2n) is 12.2. The molecule has 18 heteroatoms. The third kappa shape index (κ3) is 7.15. The van der Waals surface area contributed by atoms with Crippen LogP contribution in [0.3, 0.4) is 0 Å². The molecule has 1 fully saturated rings. The van der Waals surface area contributed by atoms with Crippen LogP contribution in [0.5, 0.6) is 17.2 Å². The van der Waals surface area contributed by atoms with Gasteiger partial charge in [-0.15, -0.1) is 11.8 Å². The molecule has 0 unspecified atom stereocenters. The maximum atomic E-state index is 13.9. The number of esters is 1. The summed E-state index contributed by atoms with van der Waals surface area (Å²) in [6, 6.07) is 2.61. The Labute approximate surface area is 292 Å². The summed E-state index contributed by atoms with van der Waals surface area (Å²) in [4.78, 5) is 64.7. The van der Waals surface area contributed by atoms with Crippen molar-refractivity contribution in [3.63, 3.8) is 0 Å². The number of hydrogen-bond donors (Lipinski definition) is 5. The second-order valence-corrected chi connectivity index (χ2v) is 13.2. The maximum absolute atomic E-state index is 13.9. The van der Waals surface area contributed by atoms with E-state index in [1.54, 1.807) is 12.2 Å². The number of thioether (sulfide) groups is 1. The van der Waals surface area contributed by atoms with Gasteiger partial charge in [0.15, 0.2) is 17.9 Å². The molecule has 5 N–H and O–H groups in total. The van der Waals surface area contributed by atoms with E-state index in [9.17, 15) is 57.6 Å². The Balaban J connectivity index is 1.57. The summed E-state index contributed by atoms with van der Waals surface area (Å²) in [6.45, 7) is 2.98. The number of carbonyl (C=O) groups excluding carboxylic acids is 5. The lowest BCUT2D eigenvalue weighted by atomic mass is 9.72. The Morgan fingerprint density at radius 1 is 1.08 bits per heavy atom. The number of alkyl halides is 3. The van der Waals surface area contributed by atoms with Crippen molar-refractivity contribution in [1.82, 2.24) is 5.32 Å². The first-order valence-corrected chi connectivity index (χ1v) is 16.8. The molecule has 3 aliphatic rings. The Bertz CT molecular complexity index is 1780. The highest BCUT2D eigenvalue weighted by atomic mass is 32.2. The van der Waals surface area contributed by atoms with Crippen LogP contribution >= 0.6 is 11.8 Å². The average molecular weight is 742 g/mol. The highest BCUT2D eigenvalue weighted by molar-refractivity contribution is 8.00. The van der Waals surface area contributed by atoms with Gasteiger partial charge in [-0.25, -0.2) is 0 Å². The van der Waals surface area contributed by atoms with E-state index < -0.39 is 119 Å². The molecule has 1 aliphatic heterocycles. The number of nitrogens with one attached hydrogen (secondary N) is 1. The van der Waals surface area contributed by atoms with Crippen LogP contribution < -0.4 is 10.1 Å². The number of aliphatic hydroxyl groups excluding tert-OH is 1. The van der Waals surface area contributed by atoms with E-state index in [2.05, 4.69) is 0 Å². The number of aromatic hydroxyl groups is 2. The van der Waals surface area contributed by atoms with Gasteiger partial charge < -0.3 is 44.7 Å². The summed E-state index contributed by atoms with van der Waals surface area (Å²) >= 11 is 0.823. The lowest BCUT2D eigenvalue weighted by molar-refractivity contribution is -0.250. The standard InChI is InChI=1S/C33H34F3NO13S/c1-4-48-20(39)12-51-11-19(38)32(46)9-15-23(18(10-32)50-21-8-16(26(40)13(2)49-21)37-31(45)33(34,35)36)30(44)25-24(28(15)42)27(41)14-6-5-7-17(47-3)22(14)29(25)43/h5-7,13,16,18,21,26,40,42,44,46H,4,8-12H2,1-3H3,(H,37,45)/t13-,16-,18-,21-,26+,32-/m0/s1. The molecule has 0 aromatic heterocycles. The number of ether oxygens (including phenoxy) is 4. The van der Waals surface area contributed by atoms with Gasteiger partial charge in [0.05, 0.1) is 60.2 Å². The van der Waals surface area contributed by atoms with Crippen LogP contribution in [0.2, 0.25) is 0 Å². The summed E-state index contributed by atoms with van der Waals surface area (Å²) < 4.78 is 61.0. The molecule has 1 amide bonds. The molecule has 0 bridgehead atoms. The van der Waals surface area contributed by atoms with Gasteiger partial charge in [0, 0.05) is 36.0 Å². The molecule has 1 saturated heterocycles. The highest BCUT2D eigenvalue weighted by Gasteiger charge is 2.51. The molecule has 14 nitrogen and oxygen atoms in total. The van der Waals surface area contributed by atoms with Gasteiger partial charge in [0.1, 0.15) is 29.0 Å². The minimum absolute atomic E-state index is 0.00343. The predicted octanol–water partition coefficient (Wildman–Crippen LogP) is 2.03. The topological polar surface area (TPSA) is 215 Å². The number of ketones is 3. The van der Waals surface area contributed by atoms with Gasteiger partial charge in [0.25, 0.3) is 0 Å². The molecule has 276 valence electrons. The Hall–Kier alpha value is -4.23. The molecule has 51 heavy (non-hydrogen) atoms. The van der Waals surface area contributed by atoms with Gasteiger partial charge in [-0.1, -0.05) is 12.1 Å². The van der Waals surface area contributed by atoms with Crippen molar-refractivity contribution in [2.45, 2.75) is 75.5 Å². The monoisotopic (exact) mass is 741 g/mol. The number of methoxy groups -OCH3 is 1. The number of halogens is 3. The van der Waals surface area contributed by atoms with Crippen molar-refractivity contribution in [2.75, 3.05) is 25.2 Å². The first kappa shape index (κ1) is 38.0. The fourth-order valence-corrected chi connectivity index (χ4v) is 7.33. The summed E-state index contributed by atoms with van der Waals surface area (Å²) in [5.74, 6) is -7.95. The van der Waals surface area contributed by atoms with E-state index in [0.717, 1.165) is 11.8 Å². The number of phenols is 2. The smallest absolute Gasteiger partial charge is 0.471 e. The Morgan fingerprint density at radius 3 is 2.41 bits per heavy atom. The average Bonchev–Trinajstić information content (AvgIpc) is 3.06. The van der Waals surface area contributed by atoms with Crippen LogP contribution in [-0.4, -0.2) is 111 Å². The molecular formula is C33H34F3NO13S. The van der Waals surface area contributed by atoms with E-state index in [4.69, 9.17) is 18.9 Å². The van der Waals surface area contributed by atoms with Crippen molar-refractivity contribution in [1.29, 1.82) is 0 Å². The SMILES string of the molecule is CCOC(=O)CSCC(=O)[C@]1(O)Cc2c(O)c3c(c(O)c2[C@@H](O[C@H]2C[C@H](NC(=O)C(F)(F)F)[C@H](O)[C@H](C)O2)C1)C(=O)c1c(OC)cccc1C3=O. The first-order valence-electron chi connectivity index (χ1n) is 15.7. The summed E-state index contributed by atoms with van der Waals surface area (Å²) in [7, 11) is 1.26. The Kier molecular flexibility index (Phi) is 10.7. The van der Waals surface area contributed by atoms with Crippen LogP contribution in [0.25, 0.3) is 0 Å². The zero-order valence-corrected chi connectivity index (χ0v) is 28.2. The fraction of sp³-hybridized carbons (Fsp3) is 0.485. The number of rotatable bonds is 10. The third-order valence-corrected chi connectivity index (χ3v) is 9.86. The summed E-state index contributed by atoms with van der Waals surface area (Å²) in [6.07, 6.45) is -13.2. The normalized spacial score (nSPS) is 25.7. The van der Waals surface area contributed by atoms with E-state index in [1.165, 1.54) is 32.2 Å². The van der Waals surface area contributed by atoms with Crippen molar-refractivity contribution in [3.05, 3.63) is 51.6 Å².